The number of hydrogen-bond donors (Lipinski definition) is 1. The van der Waals surface area contributed by atoms with Crippen LogP contribution in [0.5, 0.6) is 0 Å². The van der Waals surface area contributed by atoms with Crippen LogP contribution in [0.3, 0.4) is 0 Å². The Hall–Kier alpha value is -4.34. The summed E-state index contributed by atoms with van der Waals surface area (Å²) < 4.78 is 5.47. The molecule has 184 valence electrons. The monoisotopic (exact) mass is 484 g/mol. The zero-order valence-corrected chi connectivity index (χ0v) is 20.5. The maximum Gasteiger partial charge on any atom is 0.410 e. The number of benzene rings is 1. The number of anilines is 3. The summed E-state index contributed by atoms with van der Waals surface area (Å²) in [7, 11) is 0. The van der Waals surface area contributed by atoms with E-state index in [4.69, 9.17) is 4.74 Å². The van der Waals surface area contributed by atoms with Gasteiger partial charge in [0, 0.05) is 68.1 Å². The van der Waals surface area contributed by atoms with Crippen molar-refractivity contribution in [1.82, 2.24) is 29.8 Å². The van der Waals surface area contributed by atoms with Gasteiger partial charge >= 0.3 is 6.09 Å². The van der Waals surface area contributed by atoms with Crippen LogP contribution in [0.1, 0.15) is 20.8 Å². The van der Waals surface area contributed by atoms with E-state index >= 15 is 0 Å². The molecule has 1 saturated heterocycles. The Morgan fingerprint density at radius 1 is 0.889 bits per heavy atom. The first-order valence-electron chi connectivity index (χ1n) is 11.8. The SMILES string of the molecule is CC(C)(C)OC(=O)N1CCN(c2ncc(-c3ccc4c(Nc5cnccn5)ccnc4c3)cn2)CC1. The minimum absolute atomic E-state index is 0.279. The van der Waals surface area contributed by atoms with Crippen molar-refractivity contribution in [2.24, 2.45) is 0 Å². The number of nitrogens with zero attached hydrogens (tertiary/aromatic N) is 7. The number of nitrogens with one attached hydrogen (secondary N) is 1. The number of rotatable bonds is 4. The molecule has 5 rings (SSSR count). The first kappa shape index (κ1) is 23.4. The first-order chi connectivity index (χ1) is 17.4. The predicted molar refractivity (Wildman–Crippen MR) is 138 cm³/mol. The van der Waals surface area contributed by atoms with Gasteiger partial charge < -0.3 is 19.9 Å². The van der Waals surface area contributed by atoms with Crippen molar-refractivity contribution in [1.29, 1.82) is 0 Å². The Labute approximate surface area is 209 Å². The number of aromatic nitrogens is 5. The smallest absolute Gasteiger partial charge is 0.410 e. The number of ether oxygens (including phenoxy) is 1. The van der Waals surface area contributed by atoms with Crippen LogP contribution in [0.2, 0.25) is 0 Å². The lowest BCUT2D eigenvalue weighted by atomic mass is 10.1. The molecule has 10 heteroatoms. The van der Waals surface area contributed by atoms with Crippen LogP contribution in [0.25, 0.3) is 22.0 Å². The average Bonchev–Trinajstić information content (AvgIpc) is 2.88. The third-order valence-electron chi connectivity index (χ3n) is 5.75. The summed E-state index contributed by atoms with van der Waals surface area (Å²) in [6.07, 6.45) is 10.1. The summed E-state index contributed by atoms with van der Waals surface area (Å²) >= 11 is 0. The number of fused-ring (bicyclic) bond motifs is 1. The minimum atomic E-state index is -0.500. The first-order valence-corrected chi connectivity index (χ1v) is 11.8. The van der Waals surface area contributed by atoms with E-state index in [0.29, 0.717) is 37.9 Å². The molecule has 36 heavy (non-hydrogen) atoms. The van der Waals surface area contributed by atoms with Crippen molar-refractivity contribution >= 4 is 34.4 Å². The van der Waals surface area contributed by atoms with E-state index in [1.807, 2.05) is 57.4 Å². The summed E-state index contributed by atoms with van der Waals surface area (Å²) in [5, 5.41) is 4.27. The second kappa shape index (κ2) is 9.73. The highest BCUT2D eigenvalue weighted by Crippen LogP contribution is 2.28. The molecule has 10 nitrogen and oxygen atoms in total. The molecular formula is C26H28N8O2. The molecule has 0 aliphatic carbocycles. The molecule has 4 heterocycles. The third-order valence-corrected chi connectivity index (χ3v) is 5.75. The largest absolute Gasteiger partial charge is 0.444 e. The molecule has 0 radical (unpaired) electrons. The molecule has 3 aromatic heterocycles. The van der Waals surface area contributed by atoms with Crippen molar-refractivity contribution < 1.29 is 9.53 Å². The van der Waals surface area contributed by atoms with Gasteiger partial charge in [-0.3, -0.25) is 9.97 Å². The van der Waals surface area contributed by atoms with Crippen LogP contribution >= 0.6 is 0 Å². The van der Waals surface area contributed by atoms with E-state index in [1.54, 1.807) is 29.7 Å². The maximum absolute atomic E-state index is 12.3. The summed E-state index contributed by atoms with van der Waals surface area (Å²) in [6, 6.07) is 8.00. The van der Waals surface area contributed by atoms with Crippen LogP contribution < -0.4 is 10.2 Å². The van der Waals surface area contributed by atoms with Gasteiger partial charge in [-0.05, 0) is 38.5 Å². The van der Waals surface area contributed by atoms with Crippen LogP contribution in [-0.4, -0.2) is 67.7 Å². The van der Waals surface area contributed by atoms with Gasteiger partial charge in [0.1, 0.15) is 11.4 Å². The van der Waals surface area contributed by atoms with E-state index in [0.717, 1.165) is 27.7 Å². The lowest BCUT2D eigenvalue weighted by molar-refractivity contribution is 0.0240. The summed E-state index contributed by atoms with van der Waals surface area (Å²) in [4.78, 5) is 38.2. The van der Waals surface area contributed by atoms with Gasteiger partial charge in [0.15, 0.2) is 0 Å². The van der Waals surface area contributed by atoms with E-state index in [-0.39, 0.29) is 6.09 Å². The minimum Gasteiger partial charge on any atom is -0.444 e. The van der Waals surface area contributed by atoms with Crippen molar-refractivity contribution in [2.45, 2.75) is 26.4 Å². The van der Waals surface area contributed by atoms with Crippen molar-refractivity contribution in [3.05, 3.63) is 61.4 Å². The van der Waals surface area contributed by atoms with E-state index < -0.39 is 5.60 Å². The zero-order valence-electron chi connectivity index (χ0n) is 20.5. The molecule has 0 bridgehead atoms. The lowest BCUT2D eigenvalue weighted by Gasteiger charge is -2.35. The molecule has 4 aromatic rings. The normalized spacial score (nSPS) is 14.1. The molecule has 1 fully saturated rings. The number of hydrogen-bond acceptors (Lipinski definition) is 9. The molecule has 0 atom stereocenters. The van der Waals surface area contributed by atoms with E-state index in [2.05, 4.69) is 35.1 Å². The van der Waals surface area contributed by atoms with Gasteiger partial charge in [0.25, 0.3) is 0 Å². The Morgan fingerprint density at radius 3 is 2.36 bits per heavy atom. The average molecular weight is 485 g/mol. The Balaban J connectivity index is 1.27. The number of amides is 1. The van der Waals surface area contributed by atoms with E-state index in [9.17, 15) is 4.79 Å². The molecule has 1 amide bonds. The van der Waals surface area contributed by atoms with Gasteiger partial charge in [0.05, 0.1) is 17.4 Å². The van der Waals surface area contributed by atoms with Gasteiger partial charge in [-0.1, -0.05) is 12.1 Å². The zero-order chi connectivity index (χ0) is 25.1. The summed E-state index contributed by atoms with van der Waals surface area (Å²) in [6.45, 7) is 8.07. The van der Waals surface area contributed by atoms with Gasteiger partial charge in [0.2, 0.25) is 5.95 Å². The van der Waals surface area contributed by atoms with Crippen LogP contribution in [0.15, 0.2) is 61.4 Å². The molecule has 1 N–H and O–H groups in total. The fourth-order valence-corrected chi connectivity index (χ4v) is 3.99. The Morgan fingerprint density at radius 2 is 1.67 bits per heavy atom. The topological polar surface area (TPSA) is 109 Å². The second-order valence-corrected chi connectivity index (χ2v) is 9.53. The molecule has 1 aliphatic heterocycles. The second-order valence-electron chi connectivity index (χ2n) is 9.53. The molecular weight excluding hydrogens is 456 g/mol. The van der Waals surface area contributed by atoms with Gasteiger partial charge in [-0.25, -0.2) is 19.7 Å². The molecule has 0 saturated carbocycles. The third kappa shape index (κ3) is 5.32. The lowest BCUT2D eigenvalue weighted by Crippen LogP contribution is -2.50. The highest BCUT2D eigenvalue weighted by Gasteiger charge is 2.26. The number of carbonyl (C=O) groups is 1. The molecule has 1 aliphatic rings. The summed E-state index contributed by atoms with van der Waals surface area (Å²) in [5.74, 6) is 1.32. The Bertz CT molecular complexity index is 1350. The Kier molecular flexibility index (Phi) is 6.32. The number of pyridine rings is 1. The highest BCUT2D eigenvalue weighted by atomic mass is 16.6. The van der Waals surface area contributed by atoms with Crippen molar-refractivity contribution in [3.63, 3.8) is 0 Å². The highest BCUT2D eigenvalue weighted by molar-refractivity contribution is 5.94. The van der Waals surface area contributed by atoms with Gasteiger partial charge in [-0.15, -0.1) is 0 Å². The molecule has 1 aromatic carbocycles. The summed E-state index contributed by atoms with van der Waals surface area (Å²) in [5.41, 5.74) is 3.14. The van der Waals surface area contributed by atoms with Gasteiger partial charge in [-0.2, -0.15) is 0 Å². The number of piperazine rings is 1. The predicted octanol–water partition coefficient (Wildman–Crippen LogP) is 4.28. The quantitative estimate of drug-likeness (QED) is 0.454. The van der Waals surface area contributed by atoms with Crippen LogP contribution in [0.4, 0.5) is 22.2 Å². The van der Waals surface area contributed by atoms with Crippen LogP contribution in [-0.2, 0) is 4.74 Å². The fraction of sp³-hybridized carbons (Fsp3) is 0.308. The van der Waals surface area contributed by atoms with E-state index in [1.165, 1.54) is 0 Å². The van der Waals surface area contributed by atoms with Crippen LogP contribution in [0, 0.1) is 0 Å². The van der Waals surface area contributed by atoms with Crippen molar-refractivity contribution in [2.75, 3.05) is 36.4 Å². The number of carbonyl (C=O) groups excluding carboxylic acids is 1. The standard InChI is InChI=1S/C26H28N8O2/c1-26(2,3)36-25(35)34-12-10-33(11-13-34)24-30-15-19(16-31-24)18-4-5-20-21(6-7-28-22(20)14-18)32-23-17-27-8-9-29-23/h4-9,14-17H,10-13H2,1-3H3,(H,28,29,32). The van der Waals surface area contributed by atoms with Crippen molar-refractivity contribution in [3.8, 4) is 11.1 Å². The molecule has 0 unspecified atom stereocenters. The molecule has 0 spiro atoms. The fourth-order valence-electron chi connectivity index (χ4n) is 3.99. The maximum atomic E-state index is 12.3.